The number of hydrogen-bond acceptors (Lipinski definition) is 3. The van der Waals surface area contributed by atoms with E-state index < -0.39 is 5.60 Å². The molecule has 1 aliphatic heterocycles. The summed E-state index contributed by atoms with van der Waals surface area (Å²) in [5.41, 5.74) is 0.375. The molecular formula is C20H27BrN2O3. The van der Waals surface area contributed by atoms with Crippen molar-refractivity contribution < 1.29 is 14.3 Å². The summed E-state index contributed by atoms with van der Waals surface area (Å²) in [6, 6.07) is 8.12. The number of carbonyl (C=O) groups is 2. The van der Waals surface area contributed by atoms with Gasteiger partial charge in [-0.2, -0.15) is 0 Å². The van der Waals surface area contributed by atoms with Crippen molar-refractivity contribution in [3.63, 3.8) is 0 Å². The van der Waals surface area contributed by atoms with Gasteiger partial charge < -0.3 is 15.0 Å². The number of hydrogen-bond donors (Lipinski definition) is 1. The Morgan fingerprint density at radius 1 is 1.31 bits per heavy atom. The predicted octanol–water partition coefficient (Wildman–Crippen LogP) is 4.20. The van der Waals surface area contributed by atoms with Gasteiger partial charge in [0.2, 0.25) is 5.91 Å². The van der Waals surface area contributed by atoms with Crippen molar-refractivity contribution in [2.45, 2.75) is 57.6 Å². The maximum Gasteiger partial charge on any atom is 0.410 e. The molecule has 6 heteroatoms. The van der Waals surface area contributed by atoms with Crippen molar-refractivity contribution in [2.24, 2.45) is 5.92 Å². The molecule has 1 aromatic rings. The van der Waals surface area contributed by atoms with E-state index in [1.54, 1.807) is 4.90 Å². The van der Waals surface area contributed by atoms with Gasteiger partial charge in [0, 0.05) is 17.6 Å². The molecule has 1 atom stereocenters. The first kappa shape index (κ1) is 19.2. The average Bonchev–Trinajstić information content (AvgIpc) is 3.34. The monoisotopic (exact) mass is 422 g/mol. The average molecular weight is 423 g/mol. The molecule has 2 amide bonds. The van der Waals surface area contributed by atoms with Gasteiger partial charge in [-0.25, -0.2) is 4.79 Å². The van der Waals surface area contributed by atoms with Gasteiger partial charge in [-0.05, 0) is 64.2 Å². The molecule has 1 saturated carbocycles. The van der Waals surface area contributed by atoms with Gasteiger partial charge in [0.25, 0.3) is 0 Å². The number of likely N-dealkylation sites (tertiary alicyclic amines) is 1. The fourth-order valence-electron chi connectivity index (χ4n) is 3.42. The lowest BCUT2D eigenvalue weighted by atomic mass is 9.96. The lowest BCUT2D eigenvalue weighted by Gasteiger charge is -2.34. The van der Waals surface area contributed by atoms with Gasteiger partial charge in [-0.3, -0.25) is 4.79 Å². The Balaban J connectivity index is 1.62. The van der Waals surface area contributed by atoms with Gasteiger partial charge in [-0.15, -0.1) is 0 Å². The van der Waals surface area contributed by atoms with E-state index in [4.69, 9.17) is 4.74 Å². The zero-order chi connectivity index (χ0) is 18.9. The van der Waals surface area contributed by atoms with E-state index in [1.807, 2.05) is 32.9 Å². The second-order valence-electron chi connectivity index (χ2n) is 8.35. The van der Waals surface area contributed by atoms with Gasteiger partial charge in [0.05, 0.1) is 11.5 Å². The minimum Gasteiger partial charge on any atom is -0.444 e. The van der Waals surface area contributed by atoms with E-state index in [0.29, 0.717) is 13.1 Å². The minimum atomic E-state index is -0.523. The third-order valence-corrected chi connectivity index (χ3v) is 5.43. The molecule has 5 nitrogen and oxygen atoms in total. The highest BCUT2D eigenvalue weighted by Gasteiger charge is 2.47. The molecule has 2 fully saturated rings. The zero-order valence-electron chi connectivity index (χ0n) is 15.7. The summed E-state index contributed by atoms with van der Waals surface area (Å²) in [4.78, 5) is 26.8. The number of amides is 2. The molecule has 0 bridgehead atoms. The molecule has 1 unspecified atom stereocenters. The van der Waals surface area contributed by atoms with Crippen LogP contribution in [-0.2, 0) is 15.1 Å². The Morgan fingerprint density at radius 2 is 2.04 bits per heavy atom. The van der Waals surface area contributed by atoms with Gasteiger partial charge in [0.15, 0.2) is 0 Å². The van der Waals surface area contributed by atoms with Crippen LogP contribution in [0.1, 0.15) is 52.0 Å². The smallest absolute Gasteiger partial charge is 0.410 e. The van der Waals surface area contributed by atoms with E-state index in [9.17, 15) is 9.59 Å². The molecule has 1 heterocycles. The third kappa shape index (κ3) is 4.58. The highest BCUT2D eigenvalue weighted by atomic mass is 79.9. The van der Waals surface area contributed by atoms with Crippen molar-refractivity contribution in [1.82, 2.24) is 10.2 Å². The van der Waals surface area contributed by atoms with E-state index in [0.717, 1.165) is 35.7 Å². The van der Waals surface area contributed by atoms with Crippen molar-refractivity contribution >= 4 is 27.9 Å². The number of halogens is 1. The summed E-state index contributed by atoms with van der Waals surface area (Å²) in [7, 11) is 0. The second kappa shape index (κ2) is 7.22. The Labute approximate surface area is 163 Å². The fourth-order valence-corrected chi connectivity index (χ4v) is 3.82. The molecule has 3 rings (SSSR count). The van der Waals surface area contributed by atoms with Crippen LogP contribution in [0, 0.1) is 5.92 Å². The molecular weight excluding hydrogens is 396 g/mol. The normalized spacial score (nSPS) is 21.8. The van der Waals surface area contributed by atoms with E-state index in [2.05, 4.69) is 33.4 Å². The molecule has 26 heavy (non-hydrogen) atoms. The molecule has 1 N–H and O–H groups in total. The van der Waals surface area contributed by atoms with E-state index >= 15 is 0 Å². The number of rotatable bonds is 3. The van der Waals surface area contributed by atoms with Crippen LogP contribution in [0.5, 0.6) is 0 Å². The molecule has 1 saturated heterocycles. The standard InChI is InChI=1S/C20H27BrN2O3/c1-19(2,3)26-18(25)23-11-5-6-14(13-23)17(24)22-20(9-10-20)15-7-4-8-16(21)12-15/h4,7-8,12,14H,5-6,9-11,13H2,1-3H3,(H,22,24). The number of piperidine rings is 1. The summed E-state index contributed by atoms with van der Waals surface area (Å²) < 4.78 is 6.47. The summed E-state index contributed by atoms with van der Waals surface area (Å²) in [6.45, 7) is 6.64. The van der Waals surface area contributed by atoms with Crippen LogP contribution in [0.25, 0.3) is 0 Å². The maximum atomic E-state index is 12.9. The number of benzene rings is 1. The highest BCUT2D eigenvalue weighted by molar-refractivity contribution is 9.10. The third-order valence-electron chi connectivity index (χ3n) is 4.93. The first-order chi connectivity index (χ1) is 12.2. The first-order valence-corrected chi connectivity index (χ1v) is 10.0. The largest absolute Gasteiger partial charge is 0.444 e. The number of nitrogens with zero attached hydrogens (tertiary/aromatic N) is 1. The molecule has 0 radical (unpaired) electrons. The van der Waals surface area contributed by atoms with E-state index in [-0.39, 0.29) is 23.5 Å². The molecule has 0 spiro atoms. The van der Waals surface area contributed by atoms with Crippen molar-refractivity contribution in [1.29, 1.82) is 0 Å². The Bertz CT molecular complexity index is 695. The summed E-state index contributed by atoms with van der Waals surface area (Å²) >= 11 is 3.50. The first-order valence-electron chi connectivity index (χ1n) is 9.25. The summed E-state index contributed by atoms with van der Waals surface area (Å²) in [5, 5.41) is 3.25. The number of carbonyl (C=O) groups excluding carboxylic acids is 2. The summed E-state index contributed by atoms with van der Waals surface area (Å²) in [5.74, 6) is -0.142. The topological polar surface area (TPSA) is 58.6 Å². The molecule has 2 aliphatic rings. The van der Waals surface area contributed by atoms with Crippen LogP contribution in [0.15, 0.2) is 28.7 Å². The van der Waals surface area contributed by atoms with E-state index in [1.165, 1.54) is 0 Å². The van der Waals surface area contributed by atoms with Crippen molar-refractivity contribution in [3.8, 4) is 0 Å². The quantitative estimate of drug-likeness (QED) is 0.793. The fraction of sp³-hybridized carbons (Fsp3) is 0.600. The lowest BCUT2D eigenvalue weighted by molar-refractivity contribution is -0.127. The van der Waals surface area contributed by atoms with Crippen molar-refractivity contribution in [2.75, 3.05) is 13.1 Å². The van der Waals surface area contributed by atoms with Crippen molar-refractivity contribution in [3.05, 3.63) is 34.3 Å². The SMILES string of the molecule is CC(C)(C)OC(=O)N1CCCC(C(=O)NC2(c3cccc(Br)c3)CC2)C1. The summed E-state index contributed by atoms with van der Waals surface area (Å²) in [6.07, 6.45) is 3.21. The molecule has 1 aromatic carbocycles. The molecule has 0 aromatic heterocycles. The number of ether oxygens (including phenoxy) is 1. The van der Waals surface area contributed by atoms with Crippen LogP contribution >= 0.6 is 15.9 Å². The Hall–Kier alpha value is -1.56. The highest BCUT2D eigenvalue weighted by Crippen LogP contribution is 2.46. The number of nitrogens with one attached hydrogen (secondary N) is 1. The minimum absolute atomic E-state index is 0.0377. The predicted molar refractivity (Wildman–Crippen MR) is 104 cm³/mol. The van der Waals surface area contributed by atoms with Crippen LogP contribution in [0.2, 0.25) is 0 Å². The van der Waals surface area contributed by atoms with Crippen LogP contribution in [0.3, 0.4) is 0 Å². The van der Waals surface area contributed by atoms with Crippen LogP contribution in [0.4, 0.5) is 4.79 Å². The Morgan fingerprint density at radius 3 is 2.65 bits per heavy atom. The Kier molecular flexibility index (Phi) is 5.33. The van der Waals surface area contributed by atoms with Crippen LogP contribution in [-0.4, -0.2) is 35.6 Å². The maximum absolute atomic E-state index is 12.9. The van der Waals surface area contributed by atoms with Gasteiger partial charge >= 0.3 is 6.09 Å². The zero-order valence-corrected chi connectivity index (χ0v) is 17.3. The molecule has 142 valence electrons. The second-order valence-corrected chi connectivity index (χ2v) is 9.26. The van der Waals surface area contributed by atoms with Gasteiger partial charge in [-0.1, -0.05) is 28.1 Å². The molecule has 1 aliphatic carbocycles. The van der Waals surface area contributed by atoms with Gasteiger partial charge in [0.1, 0.15) is 5.60 Å². The van der Waals surface area contributed by atoms with Crippen LogP contribution < -0.4 is 5.32 Å². The lowest BCUT2D eigenvalue weighted by Crippen LogP contribution is -2.48.